The van der Waals surface area contributed by atoms with Crippen molar-refractivity contribution in [1.82, 2.24) is 4.98 Å². The Bertz CT molecular complexity index is 513. The molecule has 1 aromatic carbocycles. The predicted molar refractivity (Wildman–Crippen MR) is 75.8 cm³/mol. The van der Waals surface area contributed by atoms with E-state index in [1.54, 1.807) is 6.20 Å². The van der Waals surface area contributed by atoms with Crippen LogP contribution in [0.25, 0.3) is 0 Å². The highest BCUT2D eigenvalue weighted by Crippen LogP contribution is 2.32. The first-order valence-electron chi connectivity index (χ1n) is 6.00. The molecule has 0 amide bonds. The number of pyridine rings is 1. The van der Waals surface area contributed by atoms with Gasteiger partial charge in [0.15, 0.2) is 0 Å². The Balaban J connectivity index is 2.34. The van der Waals surface area contributed by atoms with E-state index >= 15 is 0 Å². The Kier molecular flexibility index (Phi) is 4.00. The van der Waals surface area contributed by atoms with Crippen molar-refractivity contribution >= 4 is 11.6 Å². The van der Waals surface area contributed by atoms with E-state index in [1.165, 1.54) is 5.56 Å². The van der Waals surface area contributed by atoms with Crippen LogP contribution in [0.5, 0.6) is 0 Å². The van der Waals surface area contributed by atoms with Crippen LogP contribution in [-0.2, 0) is 11.8 Å². The molecule has 2 nitrogen and oxygen atoms in total. The Labute approximate surface area is 113 Å². The van der Waals surface area contributed by atoms with Gasteiger partial charge in [-0.1, -0.05) is 42.8 Å². The maximum Gasteiger partial charge on any atom is 0.0444 e. The van der Waals surface area contributed by atoms with Crippen LogP contribution in [0.3, 0.4) is 0 Å². The summed E-state index contributed by atoms with van der Waals surface area (Å²) in [5, 5.41) is 0.773. The fourth-order valence-corrected chi connectivity index (χ4v) is 2.55. The smallest absolute Gasteiger partial charge is 0.0444 e. The first-order chi connectivity index (χ1) is 8.65. The van der Waals surface area contributed by atoms with Gasteiger partial charge in [-0.2, -0.15) is 0 Å². The second-order valence-corrected chi connectivity index (χ2v) is 5.19. The number of nitrogens with two attached hydrogens (primary N) is 1. The summed E-state index contributed by atoms with van der Waals surface area (Å²) in [6, 6.07) is 11.9. The van der Waals surface area contributed by atoms with Crippen LogP contribution in [0.15, 0.2) is 48.8 Å². The zero-order valence-corrected chi connectivity index (χ0v) is 11.2. The summed E-state index contributed by atoms with van der Waals surface area (Å²) < 4.78 is 0. The number of nitrogens with zero attached hydrogens (tertiary/aromatic N) is 1. The molecule has 2 N–H and O–H groups in total. The fraction of sp³-hybridized carbons (Fsp3) is 0.267. The maximum absolute atomic E-state index is 6.28. The number of hydrogen-bond acceptors (Lipinski definition) is 2. The van der Waals surface area contributed by atoms with Crippen molar-refractivity contribution in [2.24, 2.45) is 5.73 Å². The monoisotopic (exact) mass is 260 g/mol. The Morgan fingerprint density at radius 1 is 1.22 bits per heavy atom. The molecule has 18 heavy (non-hydrogen) atoms. The molecule has 0 aliphatic rings. The van der Waals surface area contributed by atoms with Crippen molar-refractivity contribution in [2.75, 3.05) is 6.54 Å². The zero-order chi connectivity index (χ0) is 13.0. The van der Waals surface area contributed by atoms with Gasteiger partial charge in [0.1, 0.15) is 0 Å². The molecule has 0 aliphatic carbocycles. The van der Waals surface area contributed by atoms with E-state index in [9.17, 15) is 0 Å². The lowest BCUT2D eigenvalue weighted by Crippen LogP contribution is -2.34. The average Bonchev–Trinajstić information content (AvgIpc) is 2.40. The number of rotatable bonds is 4. The van der Waals surface area contributed by atoms with Crippen molar-refractivity contribution in [1.29, 1.82) is 0 Å². The first kappa shape index (κ1) is 13.1. The van der Waals surface area contributed by atoms with Crippen molar-refractivity contribution in [3.63, 3.8) is 0 Å². The third-order valence-corrected chi connectivity index (χ3v) is 3.62. The summed E-state index contributed by atoms with van der Waals surface area (Å²) in [4.78, 5) is 4.15. The van der Waals surface area contributed by atoms with Gasteiger partial charge in [-0.15, -0.1) is 0 Å². The highest BCUT2D eigenvalue weighted by molar-refractivity contribution is 6.31. The van der Waals surface area contributed by atoms with Gasteiger partial charge < -0.3 is 5.73 Å². The van der Waals surface area contributed by atoms with Crippen LogP contribution < -0.4 is 5.73 Å². The SMILES string of the molecule is CC(CN)(Cc1cccnc1)c1ccccc1Cl. The molecule has 1 atom stereocenters. The minimum absolute atomic E-state index is 0.165. The second kappa shape index (κ2) is 5.51. The standard InChI is InChI=1S/C15H17ClN2/c1-15(11-17,9-12-5-4-8-18-10-12)13-6-2-3-7-14(13)16/h2-8,10H,9,11,17H2,1H3. The highest BCUT2D eigenvalue weighted by Gasteiger charge is 2.27. The number of benzene rings is 1. The molecule has 1 heterocycles. The average molecular weight is 261 g/mol. The minimum Gasteiger partial charge on any atom is -0.330 e. The predicted octanol–water partition coefficient (Wildman–Crippen LogP) is 3.19. The molecule has 0 radical (unpaired) electrons. The van der Waals surface area contributed by atoms with E-state index in [0.29, 0.717) is 6.54 Å². The largest absolute Gasteiger partial charge is 0.330 e. The van der Waals surface area contributed by atoms with Gasteiger partial charge >= 0.3 is 0 Å². The number of hydrogen-bond donors (Lipinski definition) is 1. The summed E-state index contributed by atoms with van der Waals surface area (Å²) in [5.41, 5.74) is 8.08. The molecule has 0 aliphatic heterocycles. The van der Waals surface area contributed by atoms with Gasteiger partial charge in [0.05, 0.1) is 0 Å². The summed E-state index contributed by atoms with van der Waals surface area (Å²) in [7, 11) is 0. The summed E-state index contributed by atoms with van der Waals surface area (Å²) in [6.45, 7) is 2.69. The van der Waals surface area contributed by atoms with Crippen molar-refractivity contribution in [3.8, 4) is 0 Å². The zero-order valence-electron chi connectivity index (χ0n) is 10.4. The van der Waals surface area contributed by atoms with Gasteiger partial charge in [-0.3, -0.25) is 4.98 Å². The van der Waals surface area contributed by atoms with Gasteiger partial charge in [0.2, 0.25) is 0 Å². The van der Waals surface area contributed by atoms with Gasteiger partial charge in [0, 0.05) is 29.4 Å². The molecule has 0 saturated carbocycles. The van der Waals surface area contributed by atoms with Crippen molar-refractivity contribution < 1.29 is 0 Å². The molecule has 1 unspecified atom stereocenters. The lowest BCUT2D eigenvalue weighted by atomic mass is 9.77. The van der Waals surface area contributed by atoms with Gasteiger partial charge in [-0.05, 0) is 29.7 Å². The van der Waals surface area contributed by atoms with Crippen molar-refractivity contribution in [3.05, 3.63) is 64.9 Å². The summed E-state index contributed by atoms with van der Waals surface area (Å²) >= 11 is 6.28. The van der Waals surface area contributed by atoms with Crippen LogP contribution >= 0.6 is 11.6 Å². The maximum atomic E-state index is 6.28. The van der Waals surface area contributed by atoms with E-state index in [1.807, 2.05) is 36.5 Å². The molecule has 1 aromatic heterocycles. The molecule has 2 aromatic rings. The Hall–Kier alpha value is -1.38. The Morgan fingerprint density at radius 3 is 2.61 bits per heavy atom. The van der Waals surface area contributed by atoms with Gasteiger partial charge in [0.25, 0.3) is 0 Å². The Morgan fingerprint density at radius 2 is 2.00 bits per heavy atom. The minimum atomic E-state index is -0.165. The van der Waals surface area contributed by atoms with E-state index in [2.05, 4.69) is 18.0 Å². The number of halogens is 1. The molecule has 0 saturated heterocycles. The fourth-order valence-electron chi connectivity index (χ4n) is 2.18. The lowest BCUT2D eigenvalue weighted by Gasteiger charge is -2.29. The van der Waals surface area contributed by atoms with E-state index < -0.39 is 0 Å². The van der Waals surface area contributed by atoms with E-state index in [4.69, 9.17) is 17.3 Å². The molecule has 0 fully saturated rings. The lowest BCUT2D eigenvalue weighted by molar-refractivity contribution is 0.480. The van der Waals surface area contributed by atoms with Crippen molar-refractivity contribution in [2.45, 2.75) is 18.8 Å². The quantitative estimate of drug-likeness (QED) is 0.917. The second-order valence-electron chi connectivity index (χ2n) is 4.78. The molecule has 3 heteroatoms. The van der Waals surface area contributed by atoms with E-state index in [-0.39, 0.29) is 5.41 Å². The van der Waals surface area contributed by atoms with Crippen LogP contribution in [0.1, 0.15) is 18.1 Å². The van der Waals surface area contributed by atoms with Crippen LogP contribution in [0.2, 0.25) is 5.02 Å². The number of aromatic nitrogens is 1. The van der Waals surface area contributed by atoms with Crippen LogP contribution in [0.4, 0.5) is 0 Å². The summed E-state index contributed by atoms with van der Waals surface area (Å²) in [5.74, 6) is 0. The topological polar surface area (TPSA) is 38.9 Å². The third-order valence-electron chi connectivity index (χ3n) is 3.29. The highest BCUT2D eigenvalue weighted by atomic mass is 35.5. The first-order valence-corrected chi connectivity index (χ1v) is 6.37. The molecular formula is C15H17ClN2. The van der Waals surface area contributed by atoms with Crippen LogP contribution in [-0.4, -0.2) is 11.5 Å². The molecule has 0 bridgehead atoms. The third kappa shape index (κ3) is 2.71. The van der Waals surface area contributed by atoms with E-state index in [0.717, 1.165) is 17.0 Å². The van der Waals surface area contributed by atoms with Crippen LogP contribution in [0, 0.1) is 0 Å². The molecular weight excluding hydrogens is 244 g/mol. The molecule has 94 valence electrons. The molecule has 2 rings (SSSR count). The normalized spacial score (nSPS) is 14.2. The van der Waals surface area contributed by atoms with Gasteiger partial charge in [-0.25, -0.2) is 0 Å². The molecule has 0 spiro atoms. The summed E-state index contributed by atoms with van der Waals surface area (Å²) in [6.07, 6.45) is 4.49.